The molecule has 1 heterocycles. The molecule has 0 spiro atoms. The Morgan fingerprint density at radius 3 is 2.48 bits per heavy atom. The van der Waals surface area contributed by atoms with E-state index in [4.69, 9.17) is 15.2 Å². The minimum absolute atomic E-state index is 0.190. The molecule has 3 amide bonds. The number of methoxy groups -OCH3 is 1. The number of fused-ring (bicyclic) bond motifs is 1. The van der Waals surface area contributed by atoms with Crippen LogP contribution in [0.25, 0.3) is 10.9 Å². The first-order valence-electron chi connectivity index (χ1n) is 14.9. The van der Waals surface area contributed by atoms with E-state index in [9.17, 15) is 14.4 Å². The van der Waals surface area contributed by atoms with Crippen LogP contribution in [0.4, 0.5) is 10.5 Å². The van der Waals surface area contributed by atoms with Gasteiger partial charge in [0.2, 0.25) is 5.91 Å². The monoisotopic (exact) mass is 599 g/mol. The molecule has 4 aromatic rings. The predicted molar refractivity (Wildman–Crippen MR) is 172 cm³/mol. The number of nitrogens with two attached hydrogens (primary N) is 1. The predicted octanol–water partition coefficient (Wildman–Crippen LogP) is 4.94. The number of amides is 3. The van der Waals surface area contributed by atoms with Gasteiger partial charge in [0.15, 0.2) is 5.78 Å². The van der Waals surface area contributed by atoms with Crippen LogP contribution in [-0.2, 0) is 22.4 Å². The summed E-state index contributed by atoms with van der Waals surface area (Å²) < 4.78 is 11.2. The van der Waals surface area contributed by atoms with Crippen molar-refractivity contribution in [3.63, 3.8) is 0 Å². The first-order chi connectivity index (χ1) is 21.4. The van der Waals surface area contributed by atoms with Crippen LogP contribution in [0.5, 0.6) is 11.5 Å². The van der Waals surface area contributed by atoms with Crippen LogP contribution >= 0.6 is 0 Å². The number of ketones is 1. The molecule has 0 bridgehead atoms. The largest absolute Gasteiger partial charge is 0.496 e. The Morgan fingerprint density at radius 2 is 1.70 bits per heavy atom. The van der Waals surface area contributed by atoms with E-state index < -0.39 is 12.1 Å². The van der Waals surface area contributed by atoms with Crippen molar-refractivity contribution in [3.8, 4) is 11.5 Å². The molecule has 6 N–H and O–H groups in total. The minimum Gasteiger partial charge on any atom is -0.496 e. The van der Waals surface area contributed by atoms with Crippen molar-refractivity contribution in [1.82, 2.24) is 15.6 Å². The lowest BCUT2D eigenvalue weighted by Gasteiger charge is -2.24. The van der Waals surface area contributed by atoms with Crippen LogP contribution in [-0.4, -0.2) is 49.1 Å². The standard InChI is InChI=1S/C34H41N5O5/c1-3-4-19-36-34(42)38-25-14-16-26(17-15-25)44-22-30(40)28(20-24-21-37-29-11-7-6-10-27(24)29)33(35)39-32(41)18-13-23-9-5-8-12-31(23)43-2/h5-12,14-17,21,28,33,37H,3-4,13,18-20,22,35H2,1-2H3,(H,39,41)(H2,36,38,42). The number of anilines is 1. The first-order valence-corrected chi connectivity index (χ1v) is 14.9. The molecule has 0 aliphatic rings. The second kappa shape index (κ2) is 16.1. The molecular weight excluding hydrogens is 558 g/mol. The maximum Gasteiger partial charge on any atom is 0.319 e. The van der Waals surface area contributed by atoms with Crippen LogP contribution in [0, 0.1) is 5.92 Å². The van der Waals surface area contributed by atoms with E-state index in [0.29, 0.717) is 36.6 Å². The highest BCUT2D eigenvalue weighted by Gasteiger charge is 2.28. The Labute approximate surface area is 257 Å². The number of nitrogens with one attached hydrogen (secondary N) is 4. The average Bonchev–Trinajstić information content (AvgIpc) is 3.45. The summed E-state index contributed by atoms with van der Waals surface area (Å²) in [7, 11) is 1.59. The summed E-state index contributed by atoms with van der Waals surface area (Å²) in [6, 6.07) is 21.9. The molecule has 0 radical (unpaired) electrons. The highest BCUT2D eigenvalue weighted by molar-refractivity contribution is 5.89. The van der Waals surface area contributed by atoms with Crippen LogP contribution in [0.3, 0.4) is 0 Å². The number of hydrogen-bond acceptors (Lipinski definition) is 6. The second-order valence-corrected chi connectivity index (χ2v) is 10.6. The summed E-state index contributed by atoms with van der Waals surface area (Å²) >= 11 is 0. The Bertz CT molecular complexity index is 1530. The normalized spacial score (nSPS) is 12.2. The molecule has 2 unspecified atom stereocenters. The van der Waals surface area contributed by atoms with Gasteiger partial charge in [0.05, 0.1) is 19.2 Å². The number of unbranched alkanes of at least 4 members (excludes halogenated alkanes) is 1. The third kappa shape index (κ3) is 9.08. The number of urea groups is 1. The fraction of sp³-hybridized carbons (Fsp3) is 0.324. The summed E-state index contributed by atoms with van der Waals surface area (Å²) in [6.45, 7) is 2.43. The van der Waals surface area contributed by atoms with Crippen molar-refractivity contribution >= 4 is 34.3 Å². The van der Waals surface area contributed by atoms with Crippen molar-refractivity contribution in [2.75, 3.05) is 25.6 Å². The number of carbonyl (C=O) groups excluding carboxylic acids is 3. The number of para-hydroxylation sites is 2. The van der Waals surface area contributed by atoms with Gasteiger partial charge < -0.3 is 36.1 Å². The van der Waals surface area contributed by atoms with E-state index in [-0.39, 0.29) is 30.7 Å². The average molecular weight is 600 g/mol. The van der Waals surface area contributed by atoms with Gasteiger partial charge in [-0.3, -0.25) is 9.59 Å². The molecular formula is C34H41N5O5. The third-order valence-electron chi connectivity index (χ3n) is 7.41. The van der Waals surface area contributed by atoms with Crippen molar-refractivity contribution in [2.45, 2.75) is 45.2 Å². The van der Waals surface area contributed by atoms with Crippen LogP contribution in [0.15, 0.2) is 79.0 Å². The second-order valence-electron chi connectivity index (χ2n) is 10.6. The molecule has 2 atom stereocenters. The number of ether oxygens (including phenoxy) is 2. The lowest BCUT2D eigenvalue weighted by Crippen LogP contribution is -2.51. The van der Waals surface area contributed by atoms with E-state index in [1.54, 1.807) is 31.4 Å². The van der Waals surface area contributed by atoms with Gasteiger partial charge in [0, 0.05) is 35.8 Å². The minimum atomic E-state index is -0.928. The summed E-state index contributed by atoms with van der Waals surface area (Å²) in [5.41, 5.74) is 9.89. The zero-order valence-electron chi connectivity index (χ0n) is 25.2. The fourth-order valence-electron chi connectivity index (χ4n) is 4.94. The zero-order valence-corrected chi connectivity index (χ0v) is 25.2. The molecule has 4 rings (SSSR count). The molecule has 232 valence electrons. The summed E-state index contributed by atoms with van der Waals surface area (Å²) in [6.07, 6.45) is 3.82. The lowest BCUT2D eigenvalue weighted by atomic mass is 9.92. The number of carbonyl (C=O) groups is 3. The zero-order chi connectivity index (χ0) is 31.3. The van der Waals surface area contributed by atoms with Crippen molar-refractivity contribution in [3.05, 3.63) is 90.1 Å². The fourth-order valence-corrected chi connectivity index (χ4v) is 4.94. The SMILES string of the molecule is CCCCNC(=O)Nc1ccc(OCC(=O)C(Cc2c[nH]c3ccccc23)C(N)NC(=O)CCc2ccccc2OC)cc1. The smallest absolute Gasteiger partial charge is 0.319 e. The van der Waals surface area contributed by atoms with Crippen LogP contribution in [0.1, 0.15) is 37.3 Å². The third-order valence-corrected chi connectivity index (χ3v) is 7.41. The number of aryl methyl sites for hydroxylation is 1. The van der Waals surface area contributed by atoms with Gasteiger partial charge in [-0.25, -0.2) is 4.79 Å². The lowest BCUT2D eigenvalue weighted by molar-refractivity contribution is -0.127. The van der Waals surface area contributed by atoms with Gasteiger partial charge in [-0.15, -0.1) is 0 Å². The van der Waals surface area contributed by atoms with Crippen LogP contribution < -0.4 is 31.2 Å². The Hall–Kier alpha value is -4.83. The number of rotatable bonds is 16. The van der Waals surface area contributed by atoms with Gasteiger partial charge in [0.1, 0.15) is 18.1 Å². The highest BCUT2D eigenvalue weighted by Crippen LogP contribution is 2.23. The van der Waals surface area contributed by atoms with Gasteiger partial charge >= 0.3 is 6.03 Å². The molecule has 0 fully saturated rings. The Kier molecular flexibility index (Phi) is 11.8. The molecule has 3 aromatic carbocycles. The van der Waals surface area contributed by atoms with Crippen molar-refractivity contribution in [2.24, 2.45) is 11.7 Å². The van der Waals surface area contributed by atoms with E-state index >= 15 is 0 Å². The molecule has 0 aliphatic heterocycles. The van der Waals surface area contributed by atoms with Gasteiger partial charge in [0.25, 0.3) is 0 Å². The van der Waals surface area contributed by atoms with E-state index in [1.165, 1.54) is 0 Å². The van der Waals surface area contributed by atoms with Gasteiger partial charge in [-0.1, -0.05) is 49.7 Å². The molecule has 10 heteroatoms. The van der Waals surface area contributed by atoms with Crippen molar-refractivity contribution < 1.29 is 23.9 Å². The molecule has 1 aromatic heterocycles. The molecule has 0 saturated carbocycles. The number of aromatic amines is 1. The Balaban J connectivity index is 1.39. The summed E-state index contributed by atoms with van der Waals surface area (Å²) in [4.78, 5) is 41.7. The van der Waals surface area contributed by atoms with Gasteiger partial charge in [-0.2, -0.15) is 0 Å². The number of hydrogen-bond donors (Lipinski definition) is 5. The molecule has 44 heavy (non-hydrogen) atoms. The van der Waals surface area contributed by atoms with E-state index in [0.717, 1.165) is 34.9 Å². The highest BCUT2D eigenvalue weighted by atomic mass is 16.5. The number of benzene rings is 3. The van der Waals surface area contributed by atoms with E-state index in [1.807, 2.05) is 54.7 Å². The number of H-pyrrole nitrogens is 1. The quantitative estimate of drug-likeness (QED) is 0.0911. The van der Waals surface area contributed by atoms with Crippen molar-refractivity contribution in [1.29, 1.82) is 0 Å². The maximum absolute atomic E-state index is 13.6. The summed E-state index contributed by atoms with van der Waals surface area (Å²) in [5, 5.41) is 9.39. The molecule has 10 nitrogen and oxygen atoms in total. The summed E-state index contributed by atoms with van der Waals surface area (Å²) in [5.74, 6) is -0.0610. The first kappa shape index (κ1) is 32.1. The number of aromatic nitrogens is 1. The Morgan fingerprint density at radius 1 is 0.955 bits per heavy atom. The van der Waals surface area contributed by atoms with E-state index in [2.05, 4.69) is 27.9 Å². The van der Waals surface area contributed by atoms with Crippen LogP contribution in [0.2, 0.25) is 0 Å². The molecule has 0 aliphatic carbocycles. The topological polar surface area (TPSA) is 148 Å². The van der Waals surface area contributed by atoms with Gasteiger partial charge in [-0.05, 0) is 66.8 Å². The number of Topliss-reactive ketones (excluding diaryl/α,β-unsaturated/α-hetero) is 1. The maximum atomic E-state index is 13.6. The molecule has 0 saturated heterocycles.